The van der Waals surface area contributed by atoms with Crippen LogP contribution in [0, 0.1) is 10.1 Å². The first-order valence-corrected chi connectivity index (χ1v) is 10.1. The van der Waals surface area contributed by atoms with Crippen molar-refractivity contribution in [1.82, 2.24) is 0 Å². The molecule has 0 aliphatic carbocycles. The summed E-state index contributed by atoms with van der Waals surface area (Å²) in [4.78, 5) is 10.3. The van der Waals surface area contributed by atoms with Crippen LogP contribution in [0.15, 0.2) is 39.9 Å². The number of nitro benzene ring substituents is 1. The van der Waals surface area contributed by atoms with Gasteiger partial charge in [-0.05, 0) is 66.0 Å². The Morgan fingerprint density at radius 1 is 1.29 bits per heavy atom. The summed E-state index contributed by atoms with van der Waals surface area (Å²) in [5, 5.41) is 15.1. The molecule has 2 rings (SSSR count). The number of rotatable bonds is 9. The van der Waals surface area contributed by atoms with Gasteiger partial charge in [-0.15, -0.1) is 0 Å². The zero-order chi connectivity index (χ0) is 23.2. The Morgan fingerprint density at radius 2 is 2.00 bits per heavy atom. The van der Waals surface area contributed by atoms with E-state index in [2.05, 4.69) is 26.5 Å². The van der Waals surface area contributed by atoms with E-state index in [0.717, 1.165) is 18.6 Å². The van der Waals surface area contributed by atoms with E-state index in [0.29, 0.717) is 34.2 Å². The molecule has 0 unspecified atom stereocenters. The van der Waals surface area contributed by atoms with Crippen molar-refractivity contribution in [2.45, 2.75) is 39.5 Å². The molecule has 0 amide bonds. The summed E-state index contributed by atoms with van der Waals surface area (Å²) in [6.07, 6.45) is -2.55. The summed E-state index contributed by atoms with van der Waals surface area (Å²) in [6, 6.07) is 5.56. The topological polar surface area (TPSA) is 86.0 Å². The van der Waals surface area contributed by atoms with E-state index in [9.17, 15) is 23.3 Å². The van der Waals surface area contributed by atoms with Crippen LogP contribution in [0.2, 0.25) is 0 Å². The standard InChI is InChI=1S/C20H21BrF3N3O4/c1-4-12(3)31-19-15(21)8-13(9-18(19)30-5-2)11-25-26-16-7-6-14(20(22,23)24)10-17(16)27(28)29/h6-12,26H,4-5H2,1-3H3/b25-11-/t12-/m1/s1. The molecule has 2 aromatic carbocycles. The summed E-state index contributed by atoms with van der Waals surface area (Å²) in [7, 11) is 0. The van der Waals surface area contributed by atoms with Crippen LogP contribution in [0.5, 0.6) is 11.5 Å². The van der Waals surface area contributed by atoms with Gasteiger partial charge in [0.2, 0.25) is 0 Å². The number of nitrogens with zero attached hydrogens (tertiary/aromatic N) is 2. The maximum absolute atomic E-state index is 12.8. The smallest absolute Gasteiger partial charge is 0.416 e. The monoisotopic (exact) mass is 503 g/mol. The molecule has 0 radical (unpaired) electrons. The van der Waals surface area contributed by atoms with E-state index in [-0.39, 0.29) is 11.8 Å². The quantitative estimate of drug-likeness (QED) is 0.243. The molecular weight excluding hydrogens is 483 g/mol. The molecule has 0 fully saturated rings. The number of benzene rings is 2. The number of hydrogen-bond acceptors (Lipinski definition) is 6. The highest BCUT2D eigenvalue weighted by molar-refractivity contribution is 9.10. The number of anilines is 1. The molecule has 168 valence electrons. The lowest BCUT2D eigenvalue weighted by atomic mass is 10.1. The first-order valence-electron chi connectivity index (χ1n) is 9.34. The van der Waals surface area contributed by atoms with Crippen molar-refractivity contribution in [1.29, 1.82) is 0 Å². The van der Waals surface area contributed by atoms with Crippen molar-refractivity contribution in [3.05, 3.63) is 56.0 Å². The maximum atomic E-state index is 12.8. The molecule has 0 spiro atoms. The second-order valence-corrected chi connectivity index (χ2v) is 7.31. The van der Waals surface area contributed by atoms with Crippen molar-refractivity contribution in [2.75, 3.05) is 12.0 Å². The third-order valence-corrected chi connectivity index (χ3v) is 4.74. The van der Waals surface area contributed by atoms with Gasteiger partial charge in [-0.1, -0.05) is 6.92 Å². The highest BCUT2D eigenvalue weighted by Crippen LogP contribution is 2.38. The zero-order valence-electron chi connectivity index (χ0n) is 17.0. The molecule has 7 nitrogen and oxygen atoms in total. The summed E-state index contributed by atoms with van der Waals surface area (Å²) in [5.74, 6) is 1.03. The second-order valence-electron chi connectivity index (χ2n) is 6.46. The normalized spacial score (nSPS) is 12.6. The average molecular weight is 504 g/mol. The van der Waals surface area contributed by atoms with E-state index in [1.165, 1.54) is 6.21 Å². The Bertz CT molecular complexity index is 967. The molecule has 31 heavy (non-hydrogen) atoms. The Hall–Kier alpha value is -2.82. The number of hydrogen-bond donors (Lipinski definition) is 1. The Balaban J connectivity index is 2.29. The van der Waals surface area contributed by atoms with Crippen LogP contribution in [0.3, 0.4) is 0 Å². The van der Waals surface area contributed by atoms with Gasteiger partial charge in [0.15, 0.2) is 11.5 Å². The average Bonchev–Trinajstić information content (AvgIpc) is 2.69. The van der Waals surface area contributed by atoms with Crippen LogP contribution in [0.1, 0.15) is 38.3 Å². The molecular formula is C20H21BrF3N3O4. The molecule has 0 bridgehead atoms. The van der Waals surface area contributed by atoms with Gasteiger partial charge in [0.05, 0.1) is 33.9 Å². The van der Waals surface area contributed by atoms with Crippen LogP contribution in [-0.2, 0) is 6.18 Å². The van der Waals surface area contributed by atoms with Crippen LogP contribution in [0.4, 0.5) is 24.5 Å². The lowest BCUT2D eigenvalue weighted by molar-refractivity contribution is -0.384. The fourth-order valence-electron chi connectivity index (χ4n) is 2.45. The minimum Gasteiger partial charge on any atom is -0.490 e. The van der Waals surface area contributed by atoms with E-state index in [4.69, 9.17) is 9.47 Å². The molecule has 0 heterocycles. The lowest BCUT2D eigenvalue weighted by Gasteiger charge is -2.18. The highest BCUT2D eigenvalue weighted by Gasteiger charge is 2.33. The van der Waals surface area contributed by atoms with Crippen molar-refractivity contribution in [2.24, 2.45) is 5.10 Å². The molecule has 0 aromatic heterocycles. The van der Waals surface area contributed by atoms with Gasteiger partial charge in [0, 0.05) is 6.07 Å². The highest BCUT2D eigenvalue weighted by atomic mass is 79.9. The van der Waals surface area contributed by atoms with Gasteiger partial charge >= 0.3 is 6.18 Å². The maximum Gasteiger partial charge on any atom is 0.416 e. The Kier molecular flexibility index (Phi) is 8.26. The van der Waals surface area contributed by atoms with Gasteiger partial charge in [0.1, 0.15) is 5.69 Å². The van der Waals surface area contributed by atoms with Crippen LogP contribution >= 0.6 is 15.9 Å². The van der Waals surface area contributed by atoms with Crippen LogP contribution in [-0.4, -0.2) is 23.8 Å². The Morgan fingerprint density at radius 3 is 2.58 bits per heavy atom. The minimum atomic E-state index is -4.69. The SMILES string of the molecule is CCOc1cc(/C=N\Nc2ccc(C(F)(F)F)cc2[N+](=O)[O-])cc(Br)c1O[C@H](C)CC. The number of hydrazone groups is 1. The van der Waals surface area contributed by atoms with E-state index in [1.807, 2.05) is 20.8 Å². The van der Waals surface area contributed by atoms with Gasteiger partial charge in [-0.3, -0.25) is 15.5 Å². The lowest BCUT2D eigenvalue weighted by Crippen LogP contribution is -2.11. The predicted molar refractivity (Wildman–Crippen MR) is 115 cm³/mol. The molecule has 2 aromatic rings. The van der Waals surface area contributed by atoms with Crippen molar-refractivity contribution < 1.29 is 27.6 Å². The zero-order valence-corrected chi connectivity index (χ0v) is 18.6. The summed E-state index contributed by atoms with van der Waals surface area (Å²) < 4.78 is 50.6. The summed E-state index contributed by atoms with van der Waals surface area (Å²) in [5.41, 5.74) is 0.978. The number of ether oxygens (including phenoxy) is 2. The summed E-state index contributed by atoms with van der Waals surface area (Å²) >= 11 is 3.44. The minimum absolute atomic E-state index is 0.0306. The van der Waals surface area contributed by atoms with E-state index in [1.54, 1.807) is 12.1 Å². The third kappa shape index (κ3) is 6.58. The fourth-order valence-corrected chi connectivity index (χ4v) is 3.01. The van der Waals surface area contributed by atoms with Crippen molar-refractivity contribution in [3.8, 4) is 11.5 Å². The van der Waals surface area contributed by atoms with Gasteiger partial charge in [0.25, 0.3) is 5.69 Å². The number of halogens is 4. The number of alkyl halides is 3. The Labute approximate surface area is 185 Å². The van der Waals surface area contributed by atoms with Crippen LogP contribution in [0.25, 0.3) is 0 Å². The van der Waals surface area contributed by atoms with Gasteiger partial charge in [-0.25, -0.2) is 0 Å². The van der Waals surface area contributed by atoms with Gasteiger partial charge in [-0.2, -0.15) is 18.3 Å². The first kappa shape index (κ1) is 24.4. The third-order valence-electron chi connectivity index (χ3n) is 4.15. The molecule has 0 aliphatic heterocycles. The molecule has 0 saturated heterocycles. The fraction of sp³-hybridized carbons (Fsp3) is 0.350. The van der Waals surface area contributed by atoms with Crippen molar-refractivity contribution >= 4 is 33.5 Å². The van der Waals surface area contributed by atoms with E-state index < -0.39 is 22.4 Å². The second kappa shape index (κ2) is 10.5. The number of nitrogens with one attached hydrogen (secondary N) is 1. The number of nitro groups is 1. The summed E-state index contributed by atoms with van der Waals surface area (Å²) in [6.45, 7) is 6.15. The van der Waals surface area contributed by atoms with Crippen LogP contribution < -0.4 is 14.9 Å². The van der Waals surface area contributed by atoms with Crippen molar-refractivity contribution in [3.63, 3.8) is 0 Å². The molecule has 0 saturated carbocycles. The predicted octanol–water partition coefficient (Wildman–Crippen LogP) is 6.40. The first-order chi connectivity index (χ1) is 14.6. The molecule has 1 N–H and O–H groups in total. The van der Waals surface area contributed by atoms with Gasteiger partial charge < -0.3 is 9.47 Å². The molecule has 11 heteroatoms. The van der Waals surface area contributed by atoms with E-state index >= 15 is 0 Å². The molecule has 0 aliphatic rings. The molecule has 1 atom stereocenters. The largest absolute Gasteiger partial charge is 0.490 e.